The van der Waals surface area contributed by atoms with Gasteiger partial charge >= 0.3 is 0 Å². The standard InChI is InChI=1S/C19H26N4O2S2/c1-15(26-17-9-5-4-6-10-17)13-22-19(20-2)23-14-16-8-7-11-18(12-16)27(24,25)21-3/h4-12,15,21H,13-14H2,1-3H3,(H2,20,22,23). The van der Waals surface area contributed by atoms with Crippen molar-refractivity contribution >= 4 is 27.7 Å². The van der Waals surface area contributed by atoms with Crippen LogP contribution < -0.4 is 15.4 Å². The van der Waals surface area contributed by atoms with Gasteiger partial charge in [0.1, 0.15) is 0 Å². The summed E-state index contributed by atoms with van der Waals surface area (Å²) in [6, 6.07) is 17.1. The van der Waals surface area contributed by atoms with Crippen molar-refractivity contribution in [3.8, 4) is 0 Å². The Balaban J connectivity index is 1.86. The lowest BCUT2D eigenvalue weighted by Gasteiger charge is -2.16. The lowest BCUT2D eigenvalue weighted by molar-refractivity contribution is 0.588. The highest BCUT2D eigenvalue weighted by Crippen LogP contribution is 2.21. The third kappa shape index (κ3) is 6.89. The molecule has 1 unspecified atom stereocenters. The quantitative estimate of drug-likeness (QED) is 0.356. The van der Waals surface area contributed by atoms with Crippen molar-refractivity contribution in [1.29, 1.82) is 0 Å². The van der Waals surface area contributed by atoms with Gasteiger partial charge in [-0.15, -0.1) is 11.8 Å². The summed E-state index contributed by atoms with van der Waals surface area (Å²) >= 11 is 1.80. The summed E-state index contributed by atoms with van der Waals surface area (Å²) in [5.41, 5.74) is 0.862. The van der Waals surface area contributed by atoms with Gasteiger partial charge in [-0.05, 0) is 36.9 Å². The molecule has 1 atom stereocenters. The van der Waals surface area contributed by atoms with Crippen LogP contribution in [-0.2, 0) is 16.6 Å². The van der Waals surface area contributed by atoms with E-state index in [1.54, 1.807) is 37.0 Å². The Labute approximate surface area is 165 Å². The van der Waals surface area contributed by atoms with Crippen molar-refractivity contribution in [2.24, 2.45) is 4.99 Å². The zero-order valence-electron chi connectivity index (χ0n) is 15.8. The van der Waals surface area contributed by atoms with Crippen LogP contribution in [-0.4, -0.2) is 40.3 Å². The van der Waals surface area contributed by atoms with Gasteiger partial charge in [0.25, 0.3) is 0 Å². The number of hydrogen-bond acceptors (Lipinski definition) is 4. The molecular weight excluding hydrogens is 380 g/mol. The van der Waals surface area contributed by atoms with Crippen LogP contribution in [0.3, 0.4) is 0 Å². The molecule has 0 saturated carbocycles. The van der Waals surface area contributed by atoms with Crippen molar-refractivity contribution in [1.82, 2.24) is 15.4 Å². The van der Waals surface area contributed by atoms with Crippen LogP contribution >= 0.6 is 11.8 Å². The molecule has 146 valence electrons. The first kappa shape index (κ1) is 21.3. The van der Waals surface area contributed by atoms with Crippen LogP contribution in [0.4, 0.5) is 0 Å². The highest BCUT2D eigenvalue weighted by Gasteiger charge is 2.11. The molecule has 0 bridgehead atoms. The molecule has 2 aromatic carbocycles. The summed E-state index contributed by atoms with van der Waals surface area (Å²) < 4.78 is 26.1. The molecule has 0 radical (unpaired) electrons. The minimum Gasteiger partial charge on any atom is -0.355 e. The van der Waals surface area contributed by atoms with Gasteiger partial charge in [-0.25, -0.2) is 13.1 Å². The van der Waals surface area contributed by atoms with Crippen LogP contribution in [0.25, 0.3) is 0 Å². The van der Waals surface area contributed by atoms with E-state index in [0.717, 1.165) is 12.1 Å². The third-order valence-corrected chi connectivity index (χ3v) is 6.32. The average Bonchev–Trinajstić information content (AvgIpc) is 2.69. The van der Waals surface area contributed by atoms with Gasteiger partial charge < -0.3 is 10.6 Å². The largest absolute Gasteiger partial charge is 0.355 e. The second kappa shape index (κ2) is 10.3. The minimum absolute atomic E-state index is 0.250. The number of sulfonamides is 1. The molecule has 6 nitrogen and oxygen atoms in total. The van der Waals surface area contributed by atoms with E-state index in [9.17, 15) is 8.42 Å². The molecule has 3 N–H and O–H groups in total. The zero-order chi connectivity index (χ0) is 19.7. The Morgan fingerprint density at radius 1 is 1.11 bits per heavy atom. The SMILES string of the molecule is CN=C(NCc1cccc(S(=O)(=O)NC)c1)NCC(C)Sc1ccccc1. The van der Waals surface area contributed by atoms with Crippen molar-refractivity contribution in [3.05, 3.63) is 60.2 Å². The molecule has 2 aromatic rings. The van der Waals surface area contributed by atoms with E-state index in [0.29, 0.717) is 17.8 Å². The van der Waals surface area contributed by atoms with Crippen LogP contribution in [0.15, 0.2) is 69.4 Å². The predicted octanol–water partition coefficient (Wildman–Crippen LogP) is 2.44. The summed E-state index contributed by atoms with van der Waals surface area (Å²) in [7, 11) is -0.325. The second-order valence-electron chi connectivity index (χ2n) is 5.90. The lowest BCUT2D eigenvalue weighted by atomic mass is 10.2. The maximum atomic E-state index is 11.9. The summed E-state index contributed by atoms with van der Waals surface area (Å²) in [5, 5.41) is 6.89. The molecule has 0 heterocycles. The Bertz CT molecular complexity index is 855. The molecule has 0 saturated heterocycles. The molecule has 8 heteroatoms. The number of benzene rings is 2. The second-order valence-corrected chi connectivity index (χ2v) is 9.30. The summed E-state index contributed by atoms with van der Waals surface area (Å²) in [5.74, 6) is 0.678. The fraction of sp³-hybridized carbons (Fsp3) is 0.316. The molecule has 0 spiro atoms. The summed E-state index contributed by atoms with van der Waals surface area (Å²) in [6.07, 6.45) is 0. The Hall–Kier alpha value is -2.03. The van der Waals surface area contributed by atoms with Gasteiger partial charge in [0.15, 0.2) is 5.96 Å². The number of nitrogens with zero attached hydrogens (tertiary/aromatic N) is 1. The number of hydrogen-bond donors (Lipinski definition) is 3. The monoisotopic (exact) mass is 406 g/mol. The fourth-order valence-corrected chi connectivity index (χ4v) is 4.11. The normalized spacial score (nSPS) is 13.2. The number of rotatable bonds is 8. The first-order valence-electron chi connectivity index (χ1n) is 8.63. The first-order chi connectivity index (χ1) is 12.9. The van der Waals surface area contributed by atoms with Crippen molar-refractivity contribution in [3.63, 3.8) is 0 Å². The van der Waals surface area contributed by atoms with Gasteiger partial charge in [-0.2, -0.15) is 0 Å². The highest BCUT2D eigenvalue weighted by molar-refractivity contribution is 8.00. The van der Waals surface area contributed by atoms with E-state index in [1.165, 1.54) is 11.9 Å². The van der Waals surface area contributed by atoms with Crippen molar-refractivity contribution in [2.75, 3.05) is 20.6 Å². The fourth-order valence-electron chi connectivity index (χ4n) is 2.36. The topological polar surface area (TPSA) is 82.6 Å². The molecule has 0 aromatic heterocycles. The van der Waals surface area contributed by atoms with Crippen LogP contribution in [0, 0.1) is 0 Å². The van der Waals surface area contributed by atoms with Gasteiger partial charge in [0.05, 0.1) is 4.90 Å². The Kier molecular flexibility index (Phi) is 8.15. The predicted molar refractivity (Wildman–Crippen MR) is 113 cm³/mol. The zero-order valence-corrected chi connectivity index (χ0v) is 17.4. The van der Waals surface area contributed by atoms with E-state index in [4.69, 9.17) is 0 Å². The van der Waals surface area contributed by atoms with Gasteiger partial charge in [0.2, 0.25) is 10.0 Å². The summed E-state index contributed by atoms with van der Waals surface area (Å²) in [4.78, 5) is 5.71. The minimum atomic E-state index is -3.44. The molecule has 0 aliphatic rings. The lowest BCUT2D eigenvalue weighted by Crippen LogP contribution is -2.39. The molecule has 27 heavy (non-hydrogen) atoms. The first-order valence-corrected chi connectivity index (χ1v) is 11.0. The van der Waals surface area contributed by atoms with Crippen molar-refractivity contribution in [2.45, 2.75) is 28.5 Å². The molecule has 0 aliphatic heterocycles. The van der Waals surface area contributed by atoms with Gasteiger partial charge in [-0.3, -0.25) is 4.99 Å². The molecule has 0 amide bonds. The van der Waals surface area contributed by atoms with E-state index in [-0.39, 0.29) is 4.90 Å². The van der Waals surface area contributed by atoms with Crippen molar-refractivity contribution < 1.29 is 8.42 Å². The number of guanidine groups is 1. The van der Waals surface area contributed by atoms with Gasteiger partial charge in [-0.1, -0.05) is 37.3 Å². The van der Waals surface area contributed by atoms with E-state index in [2.05, 4.69) is 39.4 Å². The smallest absolute Gasteiger partial charge is 0.240 e. The van der Waals surface area contributed by atoms with Crippen LogP contribution in [0.2, 0.25) is 0 Å². The number of aliphatic imine (C=N–C) groups is 1. The molecular formula is C19H26N4O2S2. The Morgan fingerprint density at radius 3 is 2.52 bits per heavy atom. The highest BCUT2D eigenvalue weighted by atomic mass is 32.2. The maximum absolute atomic E-state index is 11.9. The molecule has 0 aliphatic carbocycles. The summed E-state index contributed by atoms with van der Waals surface area (Å²) in [6.45, 7) is 3.39. The van der Waals surface area contributed by atoms with E-state index in [1.807, 2.05) is 24.3 Å². The molecule has 2 rings (SSSR count). The number of thioether (sulfide) groups is 1. The molecule has 0 fully saturated rings. The van der Waals surface area contributed by atoms with E-state index >= 15 is 0 Å². The number of nitrogens with one attached hydrogen (secondary N) is 3. The van der Waals surface area contributed by atoms with Crippen LogP contribution in [0.5, 0.6) is 0 Å². The third-order valence-electron chi connectivity index (χ3n) is 3.80. The van der Waals surface area contributed by atoms with Gasteiger partial charge in [0, 0.05) is 30.3 Å². The van der Waals surface area contributed by atoms with Crippen LogP contribution in [0.1, 0.15) is 12.5 Å². The Morgan fingerprint density at radius 2 is 1.85 bits per heavy atom. The maximum Gasteiger partial charge on any atom is 0.240 e. The average molecular weight is 407 g/mol. The van der Waals surface area contributed by atoms with E-state index < -0.39 is 10.0 Å².